The van der Waals surface area contributed by atoms with Gasteiger partial charge in [-0.2, -0.15) is 0 Å². The highest BCUT2D eigenvalue weighted by Gasteiger charge is 2.32. The van der Waals surface area contributed by atoms with Gasteiger partial charge in [-0.1, -0.05) is 37.0 Å². The molecule has 0 spiro atoms. The molecule has 1 fully saturated rings. The fraction of sp³-hybridized carbons (Fsp3) is 0.571. The molecule has 2 nitrogen and oxygen atoms in total. The zero-order valence-electron chi connectivity index (χ0n) is 11.3. The lowest BCUT2D eigenvalue weighted by Crippen LogP contribution is -2.60. The molecule has 0 aromatic heterocycles. The summed E-state index contributed by atoms with van der Waals surface area (Å²) in [6.07, 6.45) is 2.12. The highest BCUT2D eigenvalue weighted by molar-refractivity contribution is 6.35. The molecule has 5 heteroatoms. The van der Waals surface area contributed by atoms with E-state index >= 15 is 0 Å². The van der Waals surface area contributed by atoms with Crippen molar-refractivity contribution in [2.75, 3.05) is 24.5 Å². The number of nitrogens with zero attached hydrogens (tertiary/aromatic N) is 1. The van der Waals surface area contributed by atoms with Crippen molar-refractivity contribution in [1.29, 1.82) is 0 Å². The predicted molar refractivity (Wildman–Crippen MR) is 79.9 cm³/mol. The first kappa shape index (κ1) is 14.9. The van der Waals surface area contributed by atoms with E-state index in [9.17, 15) is 4.39 Å². The van der Waals surface area contributed by atoms with Crippen LogP contribution in [0.25, 0.3) is 0 Å². The lowest BCUT2D eigenvalue weighted by molar-refractivity contribution is 0.277. The van der Waals surface area contributed by atoms with Crippen molar-refractivity contribution in [3.8, 4) is 0 Å². The third-order valence-electron chi connectivity index (χ3n) is 4.06. The van der Waals surface area contributed by atoms with Gasteiger partial charge in [-0.15, -0.1) is 0 Å². The molecule has 106 valence electrons. The largest absolute Gasteiger partial charge is 0.368 e. The maximum Gasteiger partial charge on any atom is 0.160 e. The molecule has 1 aliphatic rings. The van der Waals surface area contributed by atoms with Gasteiger partial charge in [0.1, 0.15) is 0 Å². The van der Waals surface area contributed by atoms with E-state index in [2.05, 4.69) is 24.1 Å². The third-order valence-corrected chi connectivity index (χ3v) is 4.61. The van der Waals surface area contributed by atoms with Gasteiger partial charge in [0.25, 0.3) is 0 Å². The monoisotopic (exact) mass is 304 g/mol. The Hall–Kier alpha value is -0.510. The van der Waals surface area contributed by atoms with Crippen LogP contribution in [0.2, 0.25) is 10.0 Å². The van der Waals surface area contributed by atoms with E-state index < -0.39 is 5.82 Å². The standard InChI is InChI=1S/C14H19Cl2FN2/c1-3-14(4-2)9-19(6-5-18-14)10-7-11(15)13(17)12(16)8-10/h7-8,18H,3-6,9H2,1-2H3. The fourth-order valence-corrected chi connectivity index (χ4v) is 3.10. The summed E-state index contributed by atoms with van der Waals surface area (Å²) in [5.41, 5.74) is 1.01. The van der Waals surface area contributed by atoms with E-state index in [4.69, 9.17) is 23.2 Å². The highest BCUT2D eigenvalue weighted by atomic mass is 35.5. The molecule has 0 bridgehead atoms. The van der Waals surface area contributed by atoms with Gasteiger partial charge < -0.3 is 10.2 Å². The average Bonchev–Trinajstić information content (AvgIpc) is 2.44. The van der Waals surface area contributed by atoms with Crippen molar-refractivity contribution in [2.45, 2.75) is 32.2 Å². The second-order valence-electron chi connectivity index (χ2n) is 5.06. The molecule has 1 aliphatic heterocycles. The Balaban J connectivity index is 2.27. The second-order valence-corrected chi connectivity index (χ2v) is 5.87. The second kappa shape index (κ2) is 5.86. The van der Waals surface area contributed by atoms with E-state index in [1.54, 1.807) is 12.1 Å². The van der Waals surface area contributed by atoms with Crippen molar-refractivity contribution in [3.63, 3.8) is 0 Å². The van der Waals surface area contributed by atoms with Crippen molar-refractivity contribution >= 4 is 28.9 Å². The Bertz CT molecular complexity index is 438. The van der Waals surface area contributed by atoms with Crippen molar-refractivity contribution in [2.24, 2.45) is 0 Å². The number of halogens is 3. The Morgan fingerprint density at radius 1 is 1.26 bits per heavy atom. The lowest BCUT2D eigenvalue weighted by Gasteiger charge is -2.44. The van der Waals surface area contributed by atoms with Crippen molar-refractivity contribution in [1.82, 2.24) is 5.32 Å². The molecule has 0 unspecified atom stereocenters. The van der Waals surface area contributed by atoms with Crippen LogP contribution in [-0.2, 0) is 0 Å². The SMILES string of the molecule is CCC1(CC)CN(c2cc(Cl)c(F)c(Cl)c2)CCN1. The van der Waals surface area contributed by atoms with Crippen LogP contribution in [0, 0.1) is 5.82 Å². The molecule has 1 saturated heterocycles. The van der Waals surface area contributed by atoms with Gasteiger partial charge in [0, 0.05) is 30.9 Å². The summed E-state index contributed by atoms with van der Waals surface area (Å²) >= 11 is 11.8. The fourth-order valence-electron chi connectivity index (χ4n) is 2.63. The summed E-state index contributed by atoms with van der Waals surface area (Å²) < 4.78 is 13.5. The van der Waals surface area contributed by atoms with E-state index in [-0.39, 0.29) is 15.6 Å². The highest BCUT2D eigenvalue weighted by Crippen LogP contribution is 2.31. The summed E-state index contributed by atoms with van der Waals surface area (Å²) in [6.45, 7) is 7.04. The van der Waals surface area contributed by atoms with Crippen LogP contribution in [-0.4, -0.2) is 25.2 Å². The first-order valence-electron chi connectivity index (χ1n) is 6.66. The van der Waals surface area contributed by atoms with E-state index in [0.717, 1.165) is 38.2 Å². The maximum absolute atomic E-state index is 13.5. The van der Waals surface area contributed by atoms with Crippen LogP contribution in [0.4, 0.5) is 10.1 Å². The smallest absolute Gasteiger partial charge is 0.160 e. The summed E-state index contributed by atoms with van der Waals surface area (Å²) in [5.74, 6) is -0.542. The van der Waals surface area contributed by atoms with Crippen LogP contribution in [0.5, 0.6) is 0 Å². The topological polar surface area (TPSA) is 15.3 Å². The van der Waals surface area contributed by atoms with Crippen LogP contribution >= 0.6 is 23.2 Å². The summed E-state index contributed by atoms with van der Waals surface area (Å²) in [5, 5.41) is 3.76. The molecular weight excluding hydrogens is 286 g/mol. The quantitative estimate of drug-likeness (QED) is 0.846. The van der Waals surface area contributed by atoms with E-state index in [0.29, 0.717) is 0 Å². The molecule has 0 amide bonds. The van der Waals surface area contributed by atoms with Crippen LogP contribution < -0.4 is 10.2 Å². The molecule has 1 heterocycles. The number of rotatable bonds is 3. The van der Waals surface area contributed by atoms with Gasteiger partial charge in [-0.25, -0.2) is 4.39 Å². The van der Waals surface area contributed by atoms with Crippen LogP contribution in [0.15, 0.2) is 12.1 Å². The van der Waals surface area contributed by atoms with Crippen molar-refractivity contribution in [3.05, 3.63) is 28.0 Å². The van der Waals surface area contributed by atoms with Gasteiger partial charge in [0.05, 0.1) is 10.0 Å². The minimum Gasteiger partial charge on any atom is -0.368 e. The Morgan fingerprint density at radius 3 is 2.37 bits per heavy atom. The van der Waals surface area contributed by atoms with Gasteiger partial charge in [0.2, 0.25) is 0 Å². The Labute approximate surface area is 123 Å². The average molecular weight is 305 g/mol. The third kappa shape index (κ3) is 2.99. The van der Waals surface area contributed by atoms with E-state index in [1.807, 2.05) is 0 Å². The number of nitrogens with one attached hydrogen (secondary N) is 1. The van der Waals surface area contributed by atoms with Gasteiger partial charge in [-0.3, -0.25) is 0 Å². The molecule has 0 radical (unpaired) electrons. The minimum atomic E-state index is -0.542. The summed E-state index contributed by atoms with van der Waals surface area (Å²) in [6, 6.07) is 3.31. The number of benzene rings is 1. The number of piperazine rings is 1. The summed E-state index contributed by atoms with van der Waals surface area (Å²) in [7, 11) is 0. The summed E-state index contributed by atoms with van der Waals surface area (Å²) in [4.78, 5) is 2.22. The van der Waals surface area contributed by atoms with Crippen LogP contribution in [0.3, 0.4) is 0 Å². The molecule has 0 saturated carbocycles. The molecule has 2 rings (SSSR count). The number of anilines is 1. The molecular formula is C14H19Cl2FN2. The zero-order chi connectivity index (χ0) is 14.0. The lowest BCUT2D eigenvalue weighted by atomic mass is 9.90. The molecule has 0 atom stereocenters. The maximum atomic E-state index is 13.5. The minimum absolute atomic E-state index is 0.0830. The number of hydrogen-bond acceptors (Lipinski definition) is 2. The van der Waals surface area contributed by atoms with E-state index in [1.165, 1.54) is 0 Å². The predicted octanol–water partition coefficient (Wildman–Crippen LogP) is 4.10. The molecule has 19 heavy (non-hydrogen) atoms. The number of hydrogen-bond donors (Lipinski definition) is 1. The zero-order valence-corrected chi connectivity index (χ0v) is 12.8. The van der Waals surface area contributed by atoms with Gasteiger partial charge >= 0.3 is 0 Å². The Kier molecular flexibility index (Phi) is 4.59. The Morgan fingerprint density at radius 2 is 1.84 bits per heavy atom. The molecule has 0 aliphatic carbocycles. The molecule has 1 N–H and O–H groups in total. The molecule has 1 aromatic carbocycles. The van der Waals surface area contributed by atoms with Gasteiger partial charge in [-0.05, 0) is 25.0 Å². The first-order valence-corrected chi connectivity index (χ1v) is 7.41. The van der Waals surface area contributed by atoms with Crippen LogP contribution in [0.1, 0.15) is 26.7 Å². The first-order chi connectivity index (χ1) is 9.01. The van der Waals surface area contributed by atoms with Gasteiger partial charge in [0.15, 0.2) is 5.82 Å². The van der Waals surface area contributed by atoms with Crippen molar-refractivity contribution < 1.29 is 4.39 Å². The molecule has 1 aromatic rings. The normalized spacial score (nSPS) is 18.7.